The molecule has 1 N–H and O–H groups in total. The molecule has 0 saturated heterocycles. The van der Waals surface area contributed by atoms with Gasteiger partial charge in [0.1, 0.15) is 0 Å². The molecule has 0 atom stereocenters. The Hall–Kier alpha value is -0.960. The van der Waals surface area contributed by atoms with Crippen LogP contribution in [-0.2, 0) is 10.2 Å². The highest BCUT2D eigenvalue weighted by atomic mass is 32.2. The van der Waals surface area contributed by atoms with E-state index in [0.717, 1.165) is 5.69 Å². The molecule has 106 valence electrons. The molecule has 0 spiro atoms. The Balaban J connectivity index is 2.56. The molecule has 0 aliphatic heterocycles. The quantitative estimate of drug-likeness (QED) is 0.885. The summed E-state index contributed by atoms with van der Waals surface area (Å²) in [7, 11) is 0. The van der Waals surface area contributed by atoms with Gasteiger partial charge in [-0.1, -0.05) is 53.7 Å². The summed E-state index contributed by atoms with van der Waals surface area (Å²) < 4.78 is 0.118. The maximum atomic E-state index is 11.8. The fourth-order valence-electron chi connectivity index (χ4n) is 1.53. The smallest absolute Gasteiger partial charge is 0.234 e. The number of amides is 1. The molecule has 2 nitrogen and oxygen atoms in total. The Labute approximate surface area is 121 Å². The van der Waals surface area contributed by atoms with E-state index in [1.165, 1.54) is 5.56 Å². The molecule has 0 unspecified atom stereocenters. The average molecular weight is 279 g/mol. The zero-order valence-electron chi connectivity index (χ0n) is 12.8. The molecule has 0 fully saturated rings. The highest BCUT2D eigenvalue weighted by molar-refractivity contribution is 8.01. The van der Waals surface area contributed by atoms with Crippen molar-refractivity contribution in [2.75, 3.05) is 11.1 Å². The van der Waals surface area contributed by atoms with Gasteiger partial charge >= 0.3 is 0 Å². The van der Waals surface area contributed by atoms with E-state index in [2.05, 4.69) is 59.0 Å². The lowest BCUT2D eigenvalue weighted by atomic mass is 9.87. The van der Waals surface area contributed by atoms with Gasteiger partial charge in [0.25, 0.3) is 0 Å². The molecule has 0 saturated carbocycles. The van der Waals surface area contributed by atoms with Crippen LogP contribution >= 0.6 is 11.8 Å². The molecule has 3 heteroatoms. The van der Waals surface area contributed by atoms with Gasteiger partial charge in [-0.25, -0.2) is 0 Å². The van der Waals surface area contributed by atoms with Gasteiger partial charge in [0.2, 0.25) is 5.91 Å². The van der Waals surface area contributed by atoms with Crippen LogP contribution in [-0.4, -0.2) is 16.4 Å². The Bertz CT molecular complexity index is 424. The normalized spacial score (nSPS) is 12.3. The van der Waals surface area contributed by atoms with Crippen LogP contribution in [0.5, 0.6) is 0 Å². The van der Waals surface area contributed by atoms with Gasteiger partial charge in [-0.05, 0) is 23.1 Å². The van der Waals surface area contributed by atoms with Gasteiger partial charge in [0.15, 0.2) is 0 Å². The third-order valence-corrected chi connectivity index (χ3v) is 3.94. The molecule has 0 aliphatic carbocycles. The highest BCUT2D eigenvalue weighted by Gasteiger charge is 2.15. The molecule has 1 rings (SSSR count). The predicted octanol–water partition coefficient (Wildman–Crippen LogP) is 4.45. The zero-order valence-corrected chi connectivity index (χ0v) is 13.6. The first-order valence-corrected chi connectivity index (χ1v) is 7.61. The van der Waals surface area contributed by atoms with E-state index in [9.17, 15) is 4.79 Å². The number of carbonyl (C=O) groups excluding carboxylic acids is 1. The lowest BCUT2D eigenvalue weighted by Gasteiger charge is -2.19. The van der Waals surface area contributed by atoms with Crippen molar-refractivity contribution in [2.45, 2.75) is 51.7 Å². The summed E-state index contributed by atoms with van der Waals surface area (Å²) >= 11 is 1.66. The lowest BCUT2D eigenvalue weighted by molar-refractivity contribution is -0.113. The molecule has 1 amide bonds. The highest BCUT2D eigenvalue weighted by Crippen LogP contribution is 2.25. The van der Waals surface area contributed by atoms with Crippen molar-refractivity contribution in [1.82, 2.24) is 0 Å². The number of benzene rings is 1. The number of hydrogen-bond donors (Lipinski definition) is 1. The van der Waals surface area contributed by atoms with E-state index in [1.54, 1.807) is 11.8 Å². The van der Waals surface area contributed by atoms with Gasteiger partial charge in [-0.15, -0.1) is 11.8 Å². The van der Waals surface area contributed by atoms with Gasteiger partial charge in [0, 0.05) is 10.4 Å². The van der Waals surface area contributed by atoms with Crippen LogP contribution in [0.25, 0.3) is 0 Å². The number of anilines is 1. The molecule has 19 heavy (non-hydrogen) atoms. The van der Waals surface area contributed by atoms with E-state index >= 15 is 0 Å². The van der Waals surface area contributed by atoms with Crippen molar-refractivity contribution in [3.05, 3.63) is 29.8 Å². The van der Waals surface area contributed by atoms with Crippen molar-refractivity contribution in [2.24, 2.45) is 0 Å². The second kappa shape index (κ2) is 6.00. The second-order valence-corrected chi connectivity index (χ2v) is 8.58. The van der Waals surface area contributed by atoms with Crippen LogP contribution in [0.4, 0.5) is 5.69 Å². The third-order valence-electron chi connectivity index (χ3n) is 2.67. The SMILES string of the molecule is CC(C)(C)SCC(=O)Nc1ccc(C(C)(C)C)cc1. The minimum atomic E-state index is 0.0587. The molecule has 0 radical (unpaired) electrons. The number of carbonyl (C=O) groups is 1. The molecule has 0 bridgehead atoms. The van der Waals surface area contributed by atoms with Gasteiger partial charge in [0.05, 0.1) is 5.75 Å². The largest absolute Gasteiger partial charge is 0.325 e. The van der Waals surface area contributed by atoms with E-state index < -0.39 is 0 Å². The van der Waals surface area contributed by atoms with E-state index in [-0.39, 0.29) is 16.1 Å². The summed E-state index contributed by atoms with van der Waals surface area (Å²) in [5.41, 5.74) is 2.28. The van der Waals surface area contributed by atoms with E-state index in [4.69, 9.17) is 0 Å². The summed E-state index contributed by atoms with van der Waals surface area (Å²) in [5, 5.41) is 2.93. The molecule has 0 heterocycles. The zero-order chi connectivity index (χ0) is 14.7. The average Bonchev–Trinajstić information content (AvgIpc) is 2.25. The Morgan fingerprint density at radius 3 is 2.00 bits per heavy atom. The third kappa shape index (κ3) is 6.15. The first-order valence-electron chi connectivity index (χ1n) is 6.62. The minimum absolute atomic E-state index is 0.0587. The van der Waals surface area contributed by atoms with Gasteiger partial charge < -0.3 is 5.32 Å². The summed E-state index contributed by atoms with van der Waals surface area (Å²) in [6.45, 7) is 12.9. The summed E-state index contributed by atoms with van der Waals surface area (Å²) in [4.78, 5) is 11.8. The summed E-state index contributed by atoms with van der Waals surface area (Å²) in [6.07, 6.45) is 0. The Kier molecular flexibility index (Phi) is 5.08. The molecule has 1 aromatic carbocycles. The first kappa shape index (κ1) is 16.1. The van der Waals surface area contributed by atoms with Crippen LogP contribution in [0.2, 0.25) is 0 Å². The summed E-state index contributed by atoms with van der Waals surface area (Å²) in [5.74, 6) is 0.549. The van der Waals surface area contributed by atoms with Crippen molar-refractivity contribution < 1.29 is 4.79 Å². The van der Waals surface area contributed by atoms with Crippen molar-refractivity contribution in [3.63, 3.8) is 0 Å². The monoisotopic (exact) mass is 279 g/mol. The Morgan fingerprint density at radius 1 is 1.05 bits per heavy atom. The Morgan fingerprint density at radius 2 is 1.58 bits per heavy atom. The summed E-state index contributed by atoms with van der Waals surface area (Å²) in [6, 6.07) is 8.10. The minimum Gasteiger partial charge on any atom is -0.325 e. The van der Waals surface area contributed by atoms with Crippen LogP contribution in [0.15, 0.2) is 24.3 Å². The van der Waals surface area contributed by atoms with E-state index in [1.807, 2.05) is 12.1 Å². The van der Waals surface area contributed by atoms with E-state index in [0.29, 0.717) is 5.75 Å². The number of nitrogens with one attached hydrogen (secondary N) is 1. The lowest BCUT2D eigenvalue weighted by Crippen LogP contribution is -2.19. The number of hydrogen-bond acceptors (Lipinski definition) is 2. The van der Waals surface area contributed by atoms with Gasteiger partial charge in [-0.2, -0.15) is 0 Å². The van der Waals surface area contributed by atoms with Crippen LogP contribution in [0, 0.1) is 0 Å². The topological polar surface area (TPSA) is 29.1 Å². The van der Waals surface area contributed by atoms with Crippen molar-refractivity contribution >= 4 is 23.4 Å². The number of rotatable bonds is 3. The van der Waals surface area contributed by atoms with Crippen LogP contribution in [0.3, 0.4) is 0 Å². The molecule has 1 aromatic rings. The molecular formula is C16H25NOS. The molecule has 0 aromatic heterocycles. The second-order valence-electron chi connectivity index (χ2n) is 6.78. The molecular weight excluding hydrogens is 254 g/mol. The van der Waals surface area contributed by atoms with Crippen molar-refractivity contribution in [1.29, 1.82) is 0 Å². The van der Waals surface area contributed by atoms with Crippen LogP contribution < -0.4 is 5.32 Å². The standard InChI is InChI=1S/C16H25NOS/c1-15(2,3)12-7-9-13(10-8-12)17-14(18)11-19-16(4,5)6/h7-10H,11H2,1-6H3,(H,17,18). The molecule has 0 aliphatic rings. The number of thioether (sulfide) groups is 1. The first-order chi connectivity index (χ1) is 8.58. The predicted molar refractivity (Wildman–Crippen MR) is 86.0 cm³/mol. The fraction of sp³-hybridized carbons (Fsp3) is 0.562. The van der Waals surface area contributed by atoms with Gasteiger partial charge in [-0.3, -0.25) is 4.79 Å². The maximum absolute atomic E-state index is 11.8. The maximum Gasteiger partial charge on any atom is 0.234 e. The fourth-order valence-corrected chi connectivity index (χ4v) is 2.17. The van der Waals surface area contributed by atoms with Crippen LogP contribution in [0.1, 0.15) is 47.1 Å². The van der Waals surface area contributed by atoms with Crippen molar-refractivity contribution in [3.8, 4) is 0 Å².